The summed E-state index contributed by atoms with van der Waals surface area (Å²) >= 11 is 0. The van der Waals surface area contributed by atoms with Crippen molar-refractivity contribution < 1.29 is 0 Å². The molecule has 0 aliphatic heterocycles. The van der Waals surface area contributed by atoms with Crippen molar-refractivity contribution in [1.29, 1.82) is 0 Å². The van der Waals surface area contributed by atoms with E-state index in [1.54, 1.807) is 0 Å². The van der Waals surface area contributed by atoms with Crippen LogP contribution in [0.2, 0.25) is 0 Å². The number of nitrogens with zero attached hydrogens (tertiary/aromatic N) is 1. The molecule has 2 unspecified atom stereocenters. The molecule has 0 radical (unpaired) electrons. The Labute approximate surface area is 102 Å². The van der Waals surface area contributed by atoms with Crippen molar-refractivity contribution in [3.8, 4) is 0 Å². The first-order chi connectivity index (χ1) is 7.33. The fourth-order valence-electron chi connectivity index (χ4n) is 2.39. The number of hydrogen-bond donors (Lipinski definition) is 1. The zero-order chi connectivity index (χ0) is 12.3. The Bertz CT molecular complexity index is 197. The first-order valence-electron chi connectivity index (χ1n) is 6.74. The summed E-state index contributed by atoms with van der Waals surface area (Å²) in [5.41, 5.74) is 0.585. The summed E-state index contributed by atoms with van der Waals surface area (Å²) in [7, 11) is 4.33. The average molecular weight is 226 g/mol. The fraction of sp³-hybridized carbons (Fsp3) is 1.00. The van der Waals surface area contributed by atoms with Crippen molar-refractivity contribution in [3.05, 3.63) is 0 Å². The summed E-state index contributed by atoms with van der Waals surface area (Å²) in [5.74, 6) is 0.775. The molecule has 0 aromatic carbocycles. The van der Waals surface area contributed by atoms with E-state index in [1.165, 1.54) is 19.3 Å². The molecule has 0 aromatic heterocycles. The normalized spacial score (nSPS) is 22.5. The minimum absolute atomic E-state index is 0.585. The lowest BCUT2D eigenvalue weighted by Gasteiger charge is -2.30. The number of likely N-dealkylation sites (N-methyl/N-ethyl adjacent to an activating group) is 1. The SMILES string of the molecule is CC(C)CC(CN(C)C)NC(C)C1(C)CC1. The zero-order valence-corrected chi connectivity index (χ0v) is 12.0. The van der Waals surface area contributed by atoms with Gasteiger partial charge in [-0.3, -0.25) is 0 Å². The second kappa shape index (κ2) is 5.50. The van der Waals surface area contributed by atoms with Crippen molar-refractivity contribution in [2.75, 3.05) is 20.6 Å². The van der Waals surface area contributed by atoms with Crippen molar-refractivity contribution in [3.63, 3.8) is 0 Å². The van der Waals surface area contributed by atoms with Gasteiger partial charge in [-0.1, -0.05) is 20.8 Å². The highest BCUT2D eigenvalue weighted by Crippen LogP contribution is 2.48. The first-order valence-corrected chi connectivity index (χ1v) is 6.74. The molecule has 1 aliphatic rings. The monoisotopic (exact) mass is 226 g/mol. The van der Waals surface area contributed by atoms with Gasteiger partial charge in [-0.15, -0.1) is 0 Å². The van der Waals surface area contributed by atoms with Gasteiger partial charge < -0.3 is 10.2 Å². The predicted octanol–water partition coefficient (Wildman–Crippen LogP) is 2.74. The van der Waals surface area contributed by atoms with Crippen LogP contribution in [0.3, 0.4) is 0 Å². The summed E-state index contributed by atoms with van der Waals surface area (Å²) in [5, 5.41) is 3.84. The van der Waals surface area contributed by atoms with E-state index >= 15 is 0 Å². The zero-order valence-electron chi connectivity index (χ0n) is 12.0. The summed E-state index contributed by atoms with van der Waals surface area (Å²) in [6.07, 6.45) is 4.08. The maximum atomic E-state index is 3.84. The molecule has 0 spiro atoms. The van der Waals surface area contributed by atoms with Gasteiger partial charge in [-0.05, 0) is 51.6 Å². The molecule has 1 aliphatic carbocycles. The topological polar surface area (TPSA) is 15.3 Å². The summed E-state index contributed by atoms with van der Waals surface area (Å²) in [6.45, 7) is 10.5. The van der Waals surface area contributed by atoms with Gasteiger partial charge in [0.15, 0.2) is 0 Å². The molecule has 2 nitrogen and oxygen atoms in total. The van der Waals surface area contributed by atoms with Crippen LogP contribution in [-0.2, 0) is 0 Å². The lowest BCUT2D eigenvalue weighted by Crippen LogP contribution is -2.46. The van der Waals surface area contributed by atoms with E-state index in [4.69, 9.17) is 0 Å². The van der Waals surface area contributed by atoms with Crippen molar-refractivity contribution in [2.45, 2.75) is 59.0 Å². The van der Waals surface area contributed by atoms with Crippen molar-refractivity contribution >= 4 is 0 Å². The molecule has 0 amide bonds. The van der Waals surface area contributed by atoms with Crippen molar-refractivity contribution in [1.82, 2.24) is 10.2 Å². The Hall–Kier alpha value is -0.0800. The Balaban J connectivity index is 2.42. The summed E-state index contributed by atoms with van der Waals surface area (Å²) in [6, 6.07) is 1.30. The molecule has 2 heteroatoms. The standard InChI is InChI=1S/C14H30N2/c1-11(2)9-13(10-16(5)6)15-12(3)14(4)7-8-14/h11-13,15H,7-10H2,1-6H3. The minimum atomic E-state index is 0.585. The van der Waals surface area contributed by atoms with Crippen LogP contribution in [0.25, 0.3) is 0 Å². The average Bonchev–Trinajstić information content (AvgIpc) is 2.82. The van der Waals surface area contributed by atoms with E-state index < -0.39 is 0 Å². The predicted molar refractivity (Wildman–Crippen MR) is 71.7 cm³/mol. The Morgan fingerprint density at radius 2 is 1.75 bits per heavy atom. The third kappa shape index (κ3) is 4.42. The Morgan fingerprint density at radius 1 is 1.19 bits per heavy atom. The lowest BCUT2D eigenvalue weighted by molar-refractivity contribution is 0.258. The van der Waals surface area contributed by atoms with Crippen LogP contribution < -0.4 is 5.32 Å². The van der Waals surface area contributed by atoms with Crippen LogP contribution >= 0.6 is 0 Å². The van der Waals surface area contributed by atoms with Gasteiger partial charge in [0.25, 0.3) is 0 Å². The molecule has 1 rings (SSSR count). The van der Waals surface area contributed by atoms with Gasteiger partial charge >= 0.3 is 0 Å². The van der Waals surface area contributed by atoms with E-state index in [1.807, 2.05) is 0 Å². The molecule has 96 valence electrons. The highest BCUT2D eigenvalue weighted by atomic mass is 15.1. The molecule has 2 atom stereocenters. The van der Waals surface area contributed by atoms with E-state index in [0.29, 0.717) is 17.5 Å². The van der Waals surface area contributed by atoms with Gasteiger partial charge in [-0.25, -0.2) is 0 Å². The van der Waals surface area contributed by atoms with Crippen LogP contribution in [0.4, 0.5) is 0 Å². The third-order valence-electron chi connectivity index (χ3n) is 3.91. The third-order valence-corrected chi connectivity index (χ3v) is 3.91. The number of rotatable bonds is 7. The second-order valence-corrected chi connectivity index (χ2v) is 6.63. The van der Waals surface area contributed by atoms with Crippen LogP contribution in [0, 0.1) is 11.3 Å². The quantitative estimate of drug-likeness (QED) is 0.718. The van der Waals surface area contributed by atoms with Gasteiger partial charge in [0.1, 0.15) is 0 Å². The smallest absolute Gasteiger partial charge is 0.0199 e. The first kappa shape index (κ1) is 14.0. The van der Waals surface area contributed by atoms with Gasteiger partial charge in [0.05, 0.1) is 0 Å². The van der Waals surface area contributed by atoms with Crippen molar-refractivity contribution in [2.24, 2.45) is 11.3 Å². The maximum Gasteiger partial charge on any atom is 0.0199 e. The van der Waals surface area contributed by atoms with Crippen LogP contribution in [0.15, 0.2) is 0 Å². The molecule has 1 fully saturated rings. The van der Waals surface area contributed by atoms with Crippen LogP contribution in [0.5, 0.6) is 0 Å². The highest BCUT2D eigenvalue weighted by Gasteiger charge is 2.42. The van der Waals surface area contributed by atoms with Gasteiger partial charge in [0.2, 0.25) is 0 Å². The molecular formula is C14H30N2. The lowest BCUT2D eigenvalue weighted by atomic mass is 9.97. The Morgan fingerprint density at radius 3 is 2.12 bits per heavy atom. The number of nitrogens with one attached hydrogen (secondary N) is 1. The second-order valence-electron chi connectivity index (χ2n) is 6.63. The summed E-state index contributed by atoms with van der Waals surface area (Å²) in [4.78, 5) is 2.29. The van der Waals surface area contributed by atoms with Gasteiger partial charge in [-0.2, -0.15) is 0 Å². The number of hydrogen-bond acceptors (Lipinski definition) is 2. The highest BCUT2D eigenvalue weighted by molar-refractivity contribution is 4.97. The molecule has 0 aromatic rings. The molecule has 0 saturated heterocycles. The van der Waals surface area contributed by atoms with E-state index in [0.717, 1.165) is 12.5 Å². The molecule has 1 N–H and O–H groups in total. The van der Waals surface area contributed by atoms with E-state index in [-0.39, 0.29) is 0 Å². The minimum Gasteiger partial charge on any atom is -0.310 e. The molecule has 1 saturated carbocycles. The molecule has 0 heterocycles. The van der Waals surface area contributed by atoms with Gasteiger partial charge in [0, 0.05) is 18.6 Å². The largest absolute Gasteiger partial charge is 0.310 e. The fourth-order valence-corrected chi connectivity index (χ4v) is 2.39. The molecular weight excluding hydrogens is 196 g/mol. The summed E-state index contributed by atoms with van der Waals surface area (Å²) < 4.78 is 0. The van der Waals surface area contributed by atoms with E-state index in [9.17, 15) is 0 Å². The molecule has 16 heavy (non-hydrogen) atoms. The Kier molecular flexibility index (Phi) is 4.81. The van der Waals surface area contributed by atoms with E-state index in [2.05, 4.69) is 52.0 Å². The van der Waals surface area contributed by atoms with Crippen LogP contribution in [-0.4, -0.2) is 37.6 Å². The maximum absolute atomic E-state index is 3.84. The molecule has 0 bridgehead atoms. The van der Waals surface area contributed by atoms with Crippen LogP contribution in [0.1, 0.15) is 47.0 Å².